The molecule has 13 nitrogen and oxygen atoms in total. The van der Waals surface area contributed by atoms with Gasteiger partial charge in [-0.1, -0.05) is 27.4 Å². The molecule has 40 heavy (non-hydrogen) atoms. The summed E-state index contributed by atoms with van der Waals surface area (Å²) in [6, 6.07) is 0. The summed E-state index contributed by atoms with van der Waals surface area (Å²) < 4.78 is 21.6. The number of carbonyl (C=O) groups is 2. The van der Waals surface area contributed by atoms with Crippen LogP contribution in [0, 0.1) is 23.2 Å². The molecule has 12 atom stereocenters. The predicted octanol–water partition coefficient (Wildman–Crippen LogP) is -1.62. The van der Waals surface area contributed by atoms with Gasteiger partial charge >= 0.3 is 11.9 Å². The van der Waals surface area contributed by atoms with E-state index in [0.29, 0.717) is 6.42 Å². The Morgan fingerprint density at radius 1 is 1.05 bits per heavy atom. The van der Waals surface area contributed by atoms with Crippen molar-refractivity contribution in [1.82, 2.24) is 0 Å². The number of aliphatic hydroxyl groups excluding tert-OH is 6. The van der Waals surface area contributed by atoms with E-state index in [-0.39, 0.29) is 24.8 Å². The average Bonchev–Trinajstić information content (AvgIpc) is 2.91. The molecule has 1 heterocycles. The Balaban J connectivity index is 1.91. The third-order valence-corrected chi connectivity index (χ3v) is 8.98. The van der Waals surface area contributed by atoms with Crippen LogP contribution in [0.2, 0.25) is 0 Å². The van der Waals surface area contributed by atoms with Gasteiger partial charge in [-0.25, -0.2) is 9.59 Å². The number of esters is 2. The highest BCUT2D eigenvalue weighted by atomic mass is 16.7. The number of fused-ring (bicyclic) bond motifs is 1. The SMILES string of the molecule is C=C(C(=O)OC)[C@@H]1CC[C@@]2(C)[C@H](OC(=O)[C@H](O)C(C)C)CC[C@@](O)(CO[C@@H]3O[C@H](CO)[C@@H](O)[C@H](O)[C@H]3O)[C@@H]2[C@H]1O. The maximum absolute atomic E-state index is 12.7. The third kappa shape index (κ3) is 6.08. The number of aliphatic hydroxyl groups is 7. The van der Waals surface area contributed by atoms with Crippen molar-refractivity contribution in [3.63, 3.8) is 0 Å². The van der Waals surface area contributed by atoms with E-state index in [9.17, 15) is 45.3 Å². The zero-order valence-corrected chi connectivity index (χ0v) is 23.4. The van der Waals surface area contributed by atoms with E-state index in [2.05, 4.69) is 6.58 Å². The Morgan fingerprint density at radius 3 is 2.27 bits per heavy atom. The fourth-order valence-electron chi connectivity index (χ4n) is 6.51. The Morgan fingerprint density at radius 2 is 1.70 bits per heavy atom. The molecule has 2 saturated carbocycles. The predicted molar refractivity (Wildman–Crippen MR) is 136 cm³/mol. The van der Waals surface area contributed by atoms with Gasteiger partial charge in [-0.2, -0.15) is 0 Å². The monoisotopic (exact) mass is 576 g/mol. The van der Waals surface area contributed by atoms with Crippen molar-refractivity contribution in [3.05, 3.63) is 12.2 Å². The van der Waals surface area contributed by atoms with Crippen LogP contribution >= 0.6 is 0 Å². The van der Waals surface area contributed by atoms with Gasteiger partial charge in [0.15, 0.2) is 12.4 Å². The molecule has 1 saturated heterocycles. The summed E-state index contributed by atoms with van der Waals surface area (Å²) in [6.07, 6.45) is -10.6. The van der Waals surface area contributed by atoms with Crippen molar-refractivity contribution in [2.75, 3.05) is 20.3 Å². The molecule has 0 aromatic carbocycles. The standard InChI is InChI=1S/C27H44O13/c1-12(2)17(29)24(35)40-16-7-9-27(36,11-38-25-21(33)20(32)19(31)15(10-28)39-25)22-18(30)14(6-8-26(16,22)4)13(3)23(34)37-5/h12,14-22,25,28-33,36H,3,6-11H2,1-2,4-5H3/t14-,15+,16+,17+,18-,19+,20-,21+,22+,25+,26-,27+/m0/s1. The van der Waals surface area contributed by atoms with E-state index in [4.69, 9.17) is 18.9 Å². The average molecular weight is 577 g/mol. The zero-order chi connectivity index (χ0) is 30.2. The lowest BCUT2D eigenvalue weighted by Gasteiger charge is -2.59. The maximum Gasteiger partial charge on any atom is 0.335 e. The lowest BCUT2D eigenvalue weighted by Crippen LogP contribution is -2.67. The van der Waals surface area contributed by atoms with Gasteiger partial charge in [-0.15, -0.1) is 0 Å². The summed E-state index contributed by atoms with van der Waals surface area (Å²) in [5.41, 5.74) is -2.82. The Labute approximate surface area is 233 Å². The topological polar surface area (TPSA) is 213 Å². The zero-order valence-electron chi connectivity index (χ0n) is 23.4. The smallest absolute Gasteiger partial charge is 0.335 e. The first-order valence-electron chi connectivity index (χ1n) is 13.6. The minimum Gasteiger partial charge on any atom is -0.466 e. The van der Waals surface area contributed by atoms with Gasteiger partial charge in [0.1, 0.15) is 30.5 Å². The first-order chi connectivity index (χ1) is 18.6. The van der Waals surface area contributed by atoms with Gasteiger partial charge in [-0.3, -0.25) is 0 Å². The highest BCUT2D eigenvalue weighted by Crippen LogP contribution is 2.57. The van der Waals surface area contributed by atoms with Crippen LogP contribution in [0.4, 0.5) is 0 Å². The van der Waals surface area contributed by atoms with Crippen LogP contribution in [0.5, 0.6) is 0 Å². The summed E-state index contributed by atoms with van der Waals surface area (Å²) in [7, 11) is 1.19. The first-order valence-corrected chi connectivity index (χ1v) is 13.6. The van der Waals surface area contributed by atoms with Crippen LogP contribution in [-0.4, -0.2) is 123 Å². The molecule has 0 aromatic heterocycles. The largest absolute Gasteiger partial charge is 0.466 e. The Bertz CT molecular complexity index is 924. The quantitative estimate of drug-likeness (QED) is 0.122. The molecule has 3 fully saturated rings. The normalized spacial score (nSPS) is 42.5. The molecule has 230 valence electrons. The molecular weight excluding hydrogens is 532 g/mol. The number of carbonyl (C=O) groups excluding carboxylic acids is 2. The maximum atomic E-state index is 12.7. The summed E-state index contributed by atoms with van der Waals surface area (Å²) in [5, 5.41) is 73.9. The van der Waals surface area contributed by atoms with Crippen molar-refractivity contribution in [1.29, 1.82) is 0 Å². The Hall–Kier alpha value is -1.68. The fraction of sp³-hybridized carbons (Fsp3) is 0.852. The molecule has 0 spiro atoms. The summed E-state index contributed by atoms with van der Waals surface area (Å²) in [4.78, 5) is 25.0. The van der Waals surface area contributed by atoms with E-state index < -0.39 is 103 Å². The van der Waals surface area contributed by atoms with Crippen molar-refractivity contribution in [2.45, 2.75) is 101 Å². The second-order valence-electron chi connectivity index (χ2n) is 11.9. The third-order valence-electron chi connectivity index (χ3n) is 8.98. The van der Waals surface area contributed by atoms with Gasteiger partial charge in [0.05, 0.1) is 32.0 Å². The van der Waals surface area contributed by atoms with Gasteiger partial charge in [0.25, 0.3) is 0 Å². The molecule has 0 unspecified atom stereocenters. The fourth-order valence-corrected chi connectivity index (χ4v) is 6.51. The molecule has 0 amide bonds. The minimum atomic E-state index is -1.80. The first kappa shape index (κ1) is 32.8. The highest BCUT2D eigenvalue weighted by Gasteiger charge is 2.63. The second kappa shape index (κ2) is 12.7. The van der Waals surface area contributed by atoms with Crippen LogP contribution in [-0.2, 0) is 28.5 Å². The molecule has 3 rings (SSSR count). The Kier molecular flexibility index (Phi) is 10.4. The molecule has 2 aliphatic carbocycles. The minimum absolute atomic E-state index is 0.0172. The van der Waals surface area contributed by atoms with Crippen LogP contribution in [0.3, 0.4) is 0 Å². The molecule has 1 aliphatic heterocycles. The summed E-state index contributed by atoms with van der Waals surface area (Å²) in [6.45, 7) is 7.69. The lowest BCUT2D eigenvalue weighted by molar-refractivity contribution is -0.319. The molecule has 0 aromatic rings. The molecule has 0 bridgehead atoms. The number of ether oxygens (including phenoxy) is 4. The van der Waals surface area contributed by atoms with Crippen molar-refractivity contribution in [2.24, 2.45) is 23.2 Å². The van der Waals surface area contributed by atoms with Crippen LogP contribution in [0.1, 0.15) is 46.5 Å². The molecule has 3 aliphatic rings. The second-order valence-corrected chi connectivity index (χ2v) is 11.9. The van der Waals surface area contributed by atoms with Crippen molar-refractivity contribution in [3.8, 4) is 0 Å². The van der Waals surface area contributed by atoms with Gasteiger partial charge < -0.3 is 54.7 Å². The van der Waals surface area contributed by atoms with Gasteiger partial charge in [-0.05, 0) is 31.6 Å². The van der Waals surface area contributed by atoms with E-state index >= 15 is 0 Å². The molecule has 0 radical (unpaired) electrons. The highest BCUT2D eigenvalue weighted by molar-refractivity contribution is 5.88. The van der Waals surface area contributed by atoms with E-state index in [1.54, 1.807) is 20.8 Å². The number of rotatable bonds is 9. The number of hydrogen-bond acceptors (Lipinski definition) is 13. The summed E-state index contributed by atoms with van der Waals surface area (Å²) in [5.74, 6) is -3.77. The number of hydrogen-bond donors (Lipinski definition) is 7. The van der Waals surface area contributed by atoms with E-state index in [1.165, 1.54) is 7.11 Å². The number of methoxy groups -OCH3 is 1. The molecule has 13 heteroatoms. The van der Waals surface area contributed by atoms with E-state index in [1.807, 2.05) is 0 Å². The van der Waals surface area contributed by atoms with Gasteiger partial charge in [0, 0.05) is 22.8 Å². The van der Waals surface area contributed by atoms with Gasteiger partial charge in [0.2, 0.25) is 0 Å². The molecule has 7 N–H and O–H groups in total. The lowest BCUT2D eigenvalue weighted by atomic mass is 9.50. The van der Waals surface area contributed by atoms with Crippen LogP contribution in [0.15, 0.2) is 12.2 Å². The van der Waals surface area contributed by atoms with E-state index in [0.717, 1.165) is 0 Å². The van der Waals surface area contributed by atoms with Crippen molar-refractivity contribution < 1.29 is 64.3 Å². The van der Waals surface area contributed by atoms with Crippen molar-refractivity contribution >= 4 is 11.9 Å². The summed E-state index contributed by atoms with van der Waals surface area (Å²) >= 11 is 0. The van der Waals surface area contributed by atoms with Crippen LogP contribution in [0.25, 0.3) is 0 Å². The van der Waals surface area contributed by atoms with Crippen LogP contribution < -0.4 is 0 Å². The molecular formula is C27H44O13.